The van der Waals surface area contributed by atoms with Crippen molar-refractivity contribution in [1.82, 2.24) is 5.43 Å². The molecule has 1 aliphatic rings. The first-order valence-electron chi connectivity index (χ1n) is 9.83. The minimum Gasteiger partial charge on any atom is -0.271 e. The standard InChI is InChI=1S/C19H40N2/c1-2-3-4-5-6-7-8-12-15-19(21-20)17-16-18-13-10-9-11-14-18/h18-19,21H,2-17,20H2,1H3. The fraction of sp³-hybridized carbons (Fsp3) is 1.00. The minimum absolute atomic E-state index is 0.562. The van der Waals surface area contributed by atoms with Gasteiger partial charge < -0.3 is 0 Å². The Bertz CT molecular complexity index is 212. The molecule has 21 heavy (non-hydrogen) atoms. The van der Waals surface area contributed by atoms with Gasteiger partial charge in [0.1, 0.15) is 0 Å². The van der Waals surface area contributed by atoms with E-state index < -0.39 is 0 Å². The van der Waals surface area contributed by atoms with Crippen molar-refractivity contribution in [3.05, 3.63) is 0 Å². The molecule has 0 spiro atoms. The summed E-state index contributed by atoms with van der Waals surface area (Å²) in [6.07, 6.45) is 22.5. The van der Waals surface area contributed by atoms with Gasteiger partial charge in [0.25, 0.3) is 0 Å². The smallest absolute Gasteiger partial charge is 0.0210 e. The molecule has 1 fully saturated rings. The molecule has 2 heteroatoms. The Morgan fingerprint density at radius 2 is 1.48 bits per heavy atom. The summed E-state index contributed by atoms with van der Waals surface area (Å²) in [4.78, 5) is 0. The van der Waals surface area contributed by atoms with Gasteiger partial charge in [-0.2, -0.15) is 0 Å². The highest BCUT2D eigenvalue weighted by atomic mass is 15.2. The number of unbranched alkanes of at least 4 members (excludes halogenated alkanes) is 7. The highest BCUT2D eigenvalue weighted by Gasteiger charge is 2.15. The summed E-state index contributed by atoms with van der Waals surface area (Å²) in [5.41, 5.74) is 3.06. The van der Waals surface area contributed by atoms with E-state index in [1.165, 1.54) is 103 Å². The van der Waals surface area contributed by atoms with E-state index >= 15 is 0 Å². The van der Waals surface area contributed by atoms with Crippen LogP contribution in [0.25, 0.3) is 0 Å². The predicted molar refractivity (Wildman–Crippen MR) is 94.1 cm³/mol. The Kier molecular flexibility index (Phi) is 12.3. The summed E-state index contributed by atoms with van der Waals surface area (Å²) in [5.74, 6) is 6.73. The quantitative estimate of drug-likeness (QED) is 0.259. The Balaban J connectivity index is 1.92. The predicted octanol–water partition coefficient (Wildman–Crippen LogP) is 5.71. The van der Waals surface area contributed by atoms with Gasteiger partial charge in [0.15, 0.2) is 0 Å². The first kappa shape index (κ1) is 19.0. The Morgan fingerprint density at radius 1 is 0.857 bits per heavy atom. The van der Waals surface area contributed by atoms with Gasteiger partial charge in [0, 0.05) is 6.04 Å². The van der Waals surface area contributed by atoms with Crippen molar-refractivity contribution in [2.75, 3.05) is 0 Å². The van der Waals surface area contributed by atoms with Gasteiger partial charge in [-0.15, -0.1) is 0 Å². The number of hydrogen-bond donors (Lipinski definition) is 2. The van der Waals surface area contributed by atoms with E-state index in [1.54, 1.807) is 0 Å². The molecule has 0 aliphatic heterocycles. The zero-order chi connectivity index (χ0) is 15.2. The molecular formula is C19H40N2. The third-order valence-electron chi connectivity index (χ3n) is 5.29. The number of hydrazine groups is 1. The van der Waals surface area contributed by atoms with Crippen molar-refractivity contribution >= 4 is 0 Å². The summed E-state index contributed by atoms with van der Waals surface area (Å²) in [7, 11) is 0. The van der Waals surface area contributed by atoms with E-state index in [0.29, 0.717) is 6.04 Å². The first-order chi connectivity index (χ1) is 10.4. The minimum atomic E-state index is 0.562. The van der Waals surface area contributed by atoms with E-state index in [0.717, 1.165) is 5.92 Å². The number of nitrogens with one attached hydrogen (secondary N) is 1. The molecule has 1 rings (SSSR count). The Labute approximate surface area is 133 Å². The number of nitrogens with two attached hydrogens (primary N) is 1. The molecule has 3 N–H and O–H groups in total. The van der Waals surface area contributed by atoms with Crippen LogP contribution in [-0.2, 0) is 0 Å². The second-order valence-corrected chi connectivity index (χ2v) is 7.21. The maximum absolute atomic E-state index is 5.73. The largest absolute Gasteiger partial charge is 0.271 e. The monoisotopic (exact) mass is 296 g/mol. The van der Waals surface area contributed by atoms with Gasteiger partial charge in [0.05, 0.1) is 0 Å². The van der Waals surface area contributed by atoms with Crippen LogP contribution in [0.5, 0.6) is 0 Å². The van der Waals surface area contributed by atoms with Gasteiger partial charge in [-0.05, 0) is 25.2 Å². The third kappa shape index (κ3) is 10.3. The lowest BCUT2D eigenvalue weighted by Gasteiger charge is -2.24. The molecule has 0 aromatic heterocycles. The molecule has 1 saturated carbocycles. The van der Waals surface area contributed by atoms with Gasteiger partial charge in [-0.3, -0.25) is 11.3 Å². The van der Waals surface area contributed by atoms with E-state index in [4.69, 9.17) is 5.84 Å². The molecule has 0 bridgehead atoms. The van der Waals surface area contributed by atoms with Crippen molar-refractivity contribution in [3.8, 4) is 0 Å². The lowest BCUT2D eigenvalue weighted by Crippen LogP contribution is -2.35. The zero-order valence-corrected chi connectivity index (χ0v) is 14.5. The fourth-order valence-corrected chi connectivity index (χ4v) is 3.75. The summed E-state index contributed by atoms with van der Waals surface area (Å²) in [5, 5.41) is 0. The van der Waals surface area contributed by atoms with Crippen LogP contribution in [0, 0.1) is 5.92 Å². The molecule has 0 aromatic carbocycles. The van der Waals surface area contributed by atoms with Crippen LogP contribution >= 0.6 is 0 Å². The summed E-state index contributed by atoms with van der Waals surface area (Å²) < 4.78 is 0. The van der Waals surface area contributed by atoms with Crippen LogP contribution in [0.1, 0.15) is 110 Å². The average Bonchev–Trinajstić information content (AvgIpc) is 2.54. The van der Waals surface area contributed by atoms with Crippen LogP contribution in [0.15, 0.2) is 0 Å². The molecule has 126 valence electrons. The van der Waals surface area contributed by atoms with Gasteiger partial charge in [0.2, 0.25) is 0 Å². The molecule has 1 atom stereocenters. The SMILES string of the molecule is CCCCCCCCCCC(CCC1CCCCC1)NN. The average molecular weight is 297 g/mol. The zero-order valence-electron chi connectivity index (χ0n) is 14.5. The molecular weight excluding hydrogens is 256 g/mol. The third-order valence-corrected chi connectivity index (χ3v) is 5.29. The van der Waals surface area contributed by atoms with Crippen LogP contribution in [0.3, 0.4) is 0 Å². The molecule has 0 amide bonds. The van der Waals surface area contributed by atoms with Crippen LogP contribution in [-0.4, -0.2) is 6.04 Å². The molecule has 1 unspecified atom stereocenters. The molecule has 0 saturated heterocycles. The highest BCUT2D eigenvalue weighted by molar-refractivity contribution is 4.70. The Morgan fingerprint density at radius 3 is 2.10 bits per heavy atom. The topological polar surface area (TPSA) is 38.0 Å². The molecule has 2 nitrogen and oxygen atoms in total. The van der Waals surface area contributed by atoms with E-state index in [-0.39, 0.29) is 0 Å². The Hall–Kier alpha value is -0.0800. The van der Waals surface area contributed by atoms with Crippen molar-refractivity contribution < 1.29 is 0 Å². The summed E-state index contributed by atoms with van der Waals surface area (Å²) in [6, 6.07) is 0.562. The molecule has 1 aliphatic carbocycles. The lowest BCUT2D eigenvalue weighted by molar-refractivity contribution is 0.307. The first-order valence-corrected chi connectivity index (χ1v) is 9.83. The van der Waals surface area contributed by atoms with Crippen molar-refractivity contribution in [2.24, 2.45) is 11.8 Å². The van der Waals surface area contributed by atoms with Crippen LogP contribution in [0.4, 0.5) is 0 Å². The van der Waals surface area contributed by atoms with Crippen molar-refractivity contribution in [1.29, 1.82) is 0 Å². The summed E-state index contributed by atoms with van der Waals surface area (Å²) >= 11 is 0. The van der Waals surface area contributed by atoms with Gasteiger partial charge in [-0.25, -0.2) is 0 Å². The van der Waals surface area contributed by atoms with Crippen LogP contribution in [0.2, 0.25) is 0 Å². The van der Waals surface area contributed by atoms with Crippen molar-refractivity contribution in [3.63, 3.8) is 0 Å². The second kappa shape index (κ2) is 13.6. The number of hydrogen-bond acceptors (Lipinski definition) is 2. The molecule has 0 aromatic rings. The molecule has 0 heterocycles. The van der Waals surface area contributed by atoms with Crippen LogP contribution < -0.4 is 11.3 Å². The highest BCUT2D eigenvalue weighted by Crippen LogP contribution is 2.28. The van der Waals surface area contributed by atoms with E-state index in [2.05, 4.69) is 12.3 Å². The summed E-state index contributed by atoms with van der Waals surface area (Å²) in [6.45, 7) is 2.28. The lowest BCUT2D eigenvalue weighted by atomic mass is 9.85. The van der Waals surface area contributed by atoms with Crippen molar-refractivity contribution in [2.45, 2.75) is 116 Å². The maximum atomic E-state index is 5.73. The molecule has 0 radical (unpaired) electrons. The van der Waals surface area contributed by atoms with E-state index in [1.807, 2.05) is 0 Å². The second-order valence-electron chi connectivity index (χ2n) is 7.21. The number of rotatable bonds is 13. The van der Waals surface area contributed by atoms with Gasteiger partial charge >= 0.3 is 0 Å². The maximum Gasteiger partial charge on any atom is 0.0210 e. The van der Waals surface area contributed by atoms with E-state index in [9.17, 15) is 0 Å². The van der Waals surface area contributed by atoms with Gasteiger partial charge in [-0.1, -0.05) is 90.4 Å². The fourth-order valence-electron chi connectivity index (χ4n) is 3.75. The normalized spacial score (nSPS) is 18.0.